The predicted octanol–water partition coefficient (Wildman–Crippen LogP) is 15.8. The second-order valence-corrected chi connectivity index (χ2v) is 13.9. The standard InChI is InChI=1S/C56H39N/c1-3-14-42(15-4-1)53-37-32-47(39-55(53)45-16-5-2-6-17-45)41-30-35-50(36-31-41)57(56-27-13-21-44-19-8-10-25-54(44)56)49-33-28-40(29-34-49)46-22-11-23-48(38-46)52-26-12-20-43-18-7-9-24-51(43)52/h1-39H/i28D,29D,30D,31D,33D,34D,35D,36D. The van der Waals surface area contributed by atoms with E-state index in [9.17, 15) is 11.0 Å². The minimum absolute atomic E-state index is 0.0967. The Balaban J connectivity index is 1.18. The molecule has 1 nitrogen and oxygen atoms in total. The Morgan fingerprint density at radius 1 is 0.281 bits per heavy atom. The van der Waals surface area contributed by atoms with Crippen LogP contribution < -0.4 is 4.90 Å². The van der Waals surface area contributed by atoms with Gasteiger partial charge in [-0.05, 0) is 114 Å². The Labute approximate surface area is 345 Å². The second-order valence-electron chi connectivity index (χ2n) is 13.9. The molecule has 0 aliphatic heterocycles. The molecule has 57 heavy (non-hydrogen) atoms. The molecular formula is C56H39N. The zero-order chi connectivity index (χ0) is 44.9. The van der Waals surface area contributed by atoms with Gasteiger partial charge in [-0.3, -0.25) is 0 Å². The highest BCUT2D eigenvalue weighted by Gasteiger charge is 2.17. The maximum Gasteiger partial charge on any atom is 0.0645 e. The van der Waals surface area contributed by atoms with Gasteiger partial charge in [0.25, 0.3) is 0 Å². The molecule has 0 saturated carbocycles. The Bertz CT molecular complexity index is 3410. The van der Waals surface area contributed by atoms with Gasteiger partial charge in [-0.15, -0.1) is 0 Å². The molecule has 1 heteroatoms. The number of benzene rings is 10. The fourth-order valence-corrected chi connectivity index (χ4v) is 7.63. The van der Waals surface area contributed by atoms with E-state index in [0.717, 1.165) is 49.5 Å². The topological polar surface area (TPSA) is 3.24 Å². The van der Waals surface area contributed by atoms with Gasteiger partial charge in [-0.1, -0.05) is 194 Å². The minimum Gasteiger partial charge on any atom is -0.310 e. The summed E-state index contributed by atoms with van der Waals surface area (Å²) in [6.45, 7) is 0. The van der Waals surface area contributed by atoms with E-state index in [1.165, 1.54) is 4.90 Å². The van der Waals surface area contributed by atoms with Crippen LogP contribution in [0, 0.1) is 0 Å². The van der Waals surface area contributed by atoms with Crippen LogP contribution in [-0.2, 0) is 0 Å². The molecule has 0 aromatic heterocycles. The number of nitrogens with zero attached hydrogens (tertiary/aromatic N) is 1. The third kappa shape index (κ3) is 6.66. The van der Waals surface area contributed by atoms with Crippen LogP contribution in [0.5, 0.6) is 0 Å². The summed E-state index contributed by atoms with van der Waals surface area (Å²) < 4.78 is 76.9. The van der Waals surface area contributed by atoms with Crippen LogP contribution >= 0.6 is 0 Å². The van der Waals surface area contributed by atoms with Gasteiger partial charge in [0.05, 0.1) is 16.7 Å². The largest absolute Gasteiger partial charge is 0.310 e. The predicted molar refractivity (Wildman–Crippen MR) is 243 cm³/mol. The highest BCUT2D eigenvalue weighted by Crippen LogP contribution is 2.42. The molecule has 0 heterocycles. The Hall–Kier alpha value is -7.48. The van der Waals surface area contributed by atoms with Crippen LogP contribution in [0.4, 0.5) is 17.1 Å². The van der Waals surface area contributed by atoms with E-state index in [4.69, 9.17) is 0 Å². The van der Waals surface area contributed by atoms with Crippen molar-refractivity contribution in [3.05, 3.63) is 236 Å². The SMILES string of the molecule is [2H]c1c([2H])c(N(c2c([2H])c([2H])c(-c3ccc(-c4ccccc4)c(-c4ccccc4)c3)c([2H])c2[2H])c2cccc3ccccc23)c([2H])c([2H])c1-c1cccc(-c2cccc3ccccc23)c1. The summed E-state index contributed by atoms with van der Waals surface area (Å²) >= 11 is 0. The third-order valence-electron chi connectivity index (χ3n) is 10.4. The maximum atomic E-state index is 9.69. The van der Waals surface area contributed by atoms with Gasteiger partial charge in [-0.25, -0.2) is 0 Å². The molecule has 10 aromatic carbocycles. The molecule has 0 amide bonds. The molecule has 0 radical (unpaired) electrons. The van der Waals surface area contributed by atoms with Gasteiger partial charge >= 0.3 is 0 Å². The maximum absolute atomic E-state index is 9.69. The van der Waals surface area contributed by atoms with Gasteiger partial charge in [-0.2, -0.15) is 0 Å². The summed E-state index contributed by atoms with van der Waals surface area (Å²) in [7, 11) is 0. The lowest BCUT2D eigenvalue weighted by molar-refractivity contribution is 1.30. The highest BCUT2D eigenvalue weighted by molar-refractivity contribution is 6.00. The number of rotatable bonds is 8. The molecule has 0 bridgehead atoms. The van der Waals surface area contributed by atoms with Crippen LogP contribution in [0.25, 0.3) is 77.2 Å². The van der Waals surface area contributed by atoms with Crippen molar-refractivity contribution in [3.63, 3.8) is 0 Å². The zero-order valence-corrected chi connectivity index (χ0v) is 30.8. The lowest BCUT2D eigenvalue weighted by Crippen LogP contribution is -2.10. The molecule has 0 aliphatic rings. The fraction of sp³-hybridized carbons (Fsp3) is 0. The summed E-state index contributed by atoms with van der Waals surface area (Å²) in [6.07, 6.45) is 0. The van der Waals surface area contributed by atoms with Crippen molar-refractivity contribution >= 4 is 38.6 Å². The summed E-state index contributed by atoms with van der Waals surface area (Å²) in [6, 6.07) is 57.1. The Kier molecular flexibility index (Phi) is 6.92. The molecule has 0 fully saturated rings. The first-order valence-corrected chi connectivity index (χ1v) is 18.9. The minimum atomic E-state index is -0.397. The first-order chi connectivity index (χ1) is 31.6. The van der Waals surface area contributed by atoms with Crippen molar-refractivity contribution < 1.29 is 11.0 Å². The normalized spacial score (nSPS) is 13.1. The number of fused-ring (bicyclic) bond motifs is 2. The molecule has 268 valence electrons. The average molecular weight is 734 g/mol. The van der Waals surface area contributed by atoms with E-state index < -0.39 is 24.2 Å². The van der Waals surface area contributed by atoms with E-state index in [1.54, 1.807) is 18.2 Å². The van der Waals surface area contributed by atoms with Crippen molar-refractivity contribution in [2.45, 2.75) is 0 Å². The zero-order valence-electron chi connectivity index (χ0n) is 38.8. The second kappa shape index (κ2) is 15.0. The quantitative estimate of drug-likeness (QED) is 0.150. The third-order valence-corrected chi connectivity index (χ3v) is 10.4. The number of anilines is 3. The highest BCUT2D eigenvalue weighted by atomic mass is 15.1. The molecule has 0 unspecified atom stereocenters. The summed E-state index contributed by atoms with van der Waals surface area (Å²) in [5.74, 6) is 0. The number of hydrogen-bond donors (Lipinski definition) is 0. The molecule has 0 N–H and O–H groups in total. The van der Waals surface area contributed by atoms with Crippen molar-refractivity contribution in [2.24, 2.45) is 0 Å². The van der Waals surface area contributed by atoms with E-state index in [0.29, 0.717) is 22.2 Å². The molecule has 10 aromatic rings. The van der Waals surface area contributed by atoms with E-state index in [2.05, 4.69) is 0 Å². The molecular weight excluding hydrogens is 687 g/mol. The van der Waals surface area contributed by atoms with Crippen LogP contribution in [0.2, 0.25) is 0 Å². The lowest BCUT2D eigenvalue weighted by Gasteiger charge is -2.27. The smallest absolute Gasteiger partial charge is 0.0645 e. The molecule has 0 atom stereocenters. The van der Waals surface area contributed by atoms with Crippen LogP contribution in [0.3, 0.4) is 0 Å². The first-order valence-electron chi connectivity index (χ1n) is 22.9. The van der Waals surface area contributed by atoms with Gasteiger partial charge in [0.2, 0.25) is 0 Å². The summed E-state index contributed by atoms with van der Waals surface area (Å²) in [4.78, 5) is 1.39. The Morgan fingerprint density at radius 3 is 1.42 bits per heavy atom. The van der Waals surface area contributed by atoms with Gasteiger partial charge in [0.15, 0.2) is 0 Å². The van der Waals surface area contributed by atoms with Gasteiger partial charge in [0, 0.05) is 16.8 Å². The molecule has 0 spiro atoms. The van der Waals surface area contributed by atoms with E-state index in [1.807, 2.05) is 170 Å². The van der Waals surface area contributed by atoms with Crippen molar-refractivity contribution in [3.8, 4) is 55.6 Å². The first kappa shape index (κ1) is 26.3. The summed E-state index contributed by atoms with van der Waals surface area (Å²) in [5, 5.41) is 3.56. The van der Waals surface area contributed by atoms with E-state index in [-0.39, 0.29) is 46.7 Å². The lowest BCUT2D eigenvalue weighted by atomic mass is 9.91. The van der Waals surface area contributed by atoms with Gasteiger partial charge in [0.1, 0.15) is 0 Å². The van der Waals surface area contributed by atoms with Crippen LogP contribution in [0.15, 0.2) is 236 Å². The molecule has 0 saturated heterocycles. The molecule has 10 rings (SSSR count). The average Bonchev–Trinajstić information content (AvgIpc) is 3.35. The van der Waals surface area contributed by atoms with Crippen molar-refractivity contribution in [1.29, 1.82) is 0 Å². The van der Waals surface area contributed by atoms with Crippen LogP contribution in [0.1, 0.15) is 11.0 Å². The van der Waals surface area contributed by atoms with Crippen LogP contribution in [-0.4, -0.2) is 0 Å². The monoisotopic (exact) mass is 733 g/mol. The van der Waals surface area contributed by atoms with Gasteiger partial charge < -0.3 is 4.90 Å². The number of hydrogen-bond acceptors (Lipinski definition) is 1. The Morgan fingerprint density at radius 2 is 0.754 bits per heavy atom. The molecule has 0 aliphatic carbocycles. The van der Waals surface area contributed by atoms with E-state index >= 15 is 0 Å². The summed E-state index contributed by atoms with van der Waals surface area (Å²) in [5.41, 5.74) is 6.71. The van der Waals surface area contributed by atoms with Crippen molar-refractivity contribution in [1.82, 2.24) is 0 Å². The fourth-order valence-electron chi connectivity index (χ4n) is 7.63. The van der Waals surface area contributed by atoms with Crippen molar-refractivity contribution in [2.75, 3.05) is 4.90 Å².